The molecule has 1 aromatic rings. The number of rotatable bonds is 3. The second-order valence-corrected chi connectivity index (χ2v) is 6.25. The Morgan fingerprint density at radius 1 is 1.32 bits per heavy atom. The number of nitrogens with zero attached hydrogens (tertiary/aromatic N) is 2. The summed E-state index contributed by atoms with van der Waals surface area (Å²) in [6.07, 6.45) is 5.54. The lowest BCUT2D eigenvalue weighted by Crippen LogP contribution is -2.39. The van der Waals surface area contributed by atoms with Gasteiger partial charge in [0.05, 0.1) is 6.26 Å². The summed E-state index contributed by atoms with van der Waals surface area (Å²) in [5, 5.41) is 0. The first kappa shape index (κ1) is 11.5. The van der Waals surface area contributed by atoms with Crippen LogP contribution in [0.15, 0.2) is 22.8 Å². The van der Waals surface area contributed by atoms with E-state index in [0.717, 1.165) is 25.4 Å². The predicted octanol–water partition coefficient (Wildman–Crippen LogP) is 1.84. The van der Waals surface area contributed by atoms with Crippen molar-refractivity contribution in [3.05, 3.63) is 24.2 Å². The molecule has 0 aromatic carbocycles. The molecular formula is C15H20N2O2. The molecule has 2 atom stereocenters. The van der Waals surface area contributed by atoms with Gasteiger partial charge in [-0.2, -0.15) is 0 Å². The maximum Gasteiger partial charge on any atom is 0.289 e. The molecule has 1 saturated carbocycles. The van der Waals surface area contributed by atoms with Crippen LogP contribution in [0, 0.1) is 11.8 Å². The number of hydrogen-bond donors (Lipinski definition) is 0. The molecule has 3 aliphatic rings. The van der Waals surface area contributed by atoms with Crippen molar-refractivity contribution < 1.29 is 9.21 Å². The standard InChI is InChI=1S/C15H20N2O2/c18-15(14-2-1-7-19-14)17-6-5-12-9-16(10-13(12)17)8-11-3-4-11/h1-2,7,11-13H,3-6,8-10H2/t12-,13+/m1/s1. The molecule has 2 aliphatic heterocycles. The summed E-state index contributed by atoms with van der Waals surface area (Å²) < 4.78 is 5.25. The van der Waals surface area contributed by atoms with E-state index >= 15 is 0 Å². The second-order valence-electron chi connectivity index (χ2n) is 6.25. The molecule has 0 N–H and O–H groups in total. The first-order chi connectivity index (χ1) is 9.31. The molecule has 0 unspecified atom stereocenters. The number of furan rings is 1. The van der Waals surface area contributed by atoms with Gasteiger partial charge in [-0.15, -0.1) is 0 Å². The van der Waals surface area contributed by atoms with Gasteiger partial charge < -0.3 is 14.2 Å². The summed E-state index contributed by atoms with van der Waals surface area (Å²) in [7, 11) is 0. The van der Waals surface area contributed by atoms with Crippen LogP contribution in [0.3, 0.4) is 0 Å². The van der Waals surface area contributed by atoms with Gasteiger partial charge >= 0.3 is 0 Å². The van der Waals surface area contributed by atoms with E-state index in [9.17, 15) is 4.79 Å². The van der Waals surface area contributed by atoms with Crippen molar-refractivity contribution in [3.63, 3.8) is 0 Å². The molecule has 4 nitrogen and oxygen atoms in total. The van der Waals surface area contributed by atoms with E-state index in [1.807, 2.05) is 4.90 Å². The molecule has 3 fully saturated rings. The van der Waals surface area contributed by atoms with Crippen molar-refractivity contribution in [2.24, 2.45) is 11.8 Å². The molecule has 102 valence electrons. The van der Waals surface area contributed by atoms with E-state index < -0.39 is 0 Å². The van der Waals surface area contributed by atoms with E-state index in [0.29, 0.717) is 17.7 Å². The van der Waals surface area contributed by atoms with Crippen molar-refractivity contribution in [1.29, 1.82) is 0 Å². The molecular weight excluding hydrogens is 240 g/mol. The minimum atomic E-state index is 0.0748. The number of fused-ring (bicyclic) bond motifs is 1. The van der Waals surface area contributed by atoms with Crippen LogP contribution in [0.1, 0.15) is 29.8 Å². The zero-order valence-corrected chi connectivity index (χ0v) is 11.1. The molecule has 1 aromatic heterocycles. The van der Waals surface area contributed by atoms with Gasteiger partial charge in [0.1, 0.15) is 0 Å². The summed E-state index contributed by atoms with van der Waals surface area (Å²) in [6, 6.07) is 3.97. The van der Waals surface area contributed by atoms with Crippen LogP contribution in [-0.4, -0.2) is 47.9 Å². The maximum absolute atomic E-state index is 12.4. The Balaban J connectivity index is 1.45. The SMILES string of the molecule is O=C(c1ccco1)N1CC[C@@H]2CN(CC3CC3)C[C@@H]21. The Kier molecular flexibility index (Phi) is 2.65. The smallest absolute Gasteiger partial charge is 0.289 e. The van der Waals surface area contributed by atoms with Crippen LogP contribution in [0.2, 0.25) is 0 Å². The lowest BCUT2D eigenvalue weighted by molar-refractivity contribution is 0.0694. The van der Waals surface area contributed by atoms with Crippen LogP contribution in [-0.2, 0) is 0 Å². The van der Waals surface area contributed by atoms with Crippen LogP contribution < -0.4 is 0 Å². The summed E-state index contributed by atoms with van der Waals surface area (Å²) in [5.41, 5.74) is 0. The molecule has 4 rings (SSSR count). The zero-order valence-electron chi connectivity index (χ0n) is 11.1. The average molecular weight is 260 g/mol. The third-order valence-corrected chi connectivity index (χ3v) is 4.83. The third-order valence-electron chi connectivity index (χ3n) is 4.83. The van der Waals surface area contributed by atoms with Gasteiger partial charge in [-0.25, -0.2) is 0 Å². The summed E-state index contributed by atoms with van der Waals surface area (Å²) >= 11 is 0. The second kappa shape index (κ2) is 4.37. The third kappa shape index (κ3) is 2.08. The number of amides is 1. The van der Waals surface area contributed by atoms with Crippen molar-refractivity contribution in [1.82, 2.24) is 9.80 Å². The highest BCUT2D eigenvalue weighted by atomic mass is 16.3. The highest BCUT2D eigenvalue weighted by Crippen LogP contribution is 2.36. The van der Waals surface area contributed by atoms with Gasteiger partial charge in [-0.3, -0.25) is 4.79 Å². The predicted molar refractivity (Wildman–Crippen MR) is 70.8 cm³/mol. The molecule has 3 heterocycles. The highest BCUT2D eigenvalue weighted by molar-refractivity contribution is 5.92. The molecule has 0 radical (unpaired) electrons. The number of carbonyl (C=O) groups is 1. The van der Waals surface area contributed by atoms with Gasteiger partial charge in [-0.1, -0.05) is 0 Å². The Hall–Kier alpha value is -1.29. The van der Waals surface area contributed by atoms with E-state index in [4.69, 9.17) is 4.42 Å². The summed E-state index contributed by atoms with van der Waals surface area (Å²) in [5.74, 6) is 2.18. The first-order valence-electron chi connectivity index (χ1n) is 7.38. The van der Waals surface area contributed by atoms with Gasteiger partial charge in [-0.05, 0) is 43.2 Å². The fourth-order valence-corrected chi connectivity index (χ4v) is 3.66. The van der Waals surface area contributed by atoms with E-state index in [-0.39, 0.29) is 5.91 Å². The number of likely N-dealkylation sites (tertiary alicyclic amines) is 2. The number of hydrogen-bond acceptors (Lipinski definition) is 3. The van der Waals surface area contributed by atoms with Crippen molar-refractivity contribution >= 4 is 5.91 Å². The Labute approximate surface area is 113 Å². The topological polar surface area (TPSA) is 36.7 Å². The lowest BCUT2D eigenvalue weighted by atomic mass is 10.1. The van der Waals surface area contributed by atoms with Crippen molar-refractivity contribution in [2.45, 2.75) is 25.3 Å². The lowest BCUT2D eigenvalue weighted by Gasteiger charge is -2.24. The Morgan fingerprint density at radius 3 is 2.95 bits per heavy atom. The van der Waals surface area contributed by atoms with Crippen LogP contribution in [0.25, 0.3) is 0 Å². The fraction of sp³-hybridized carbons (Fsp3) is 0.667. The van der Waals surface area contributed by atoms with Crippen molar-refractivity contribution in [3.8, 4) is 0 Å². The van der Waals surface area contributed by atoms with Gasteiger partial charge in [0.2, 0.25) is 0 Å². The largest absolute Gasteiger partial charge is 0.459 e. The molecule has 1 amide bonds. The average Bonchev–Trinajstić information content (AvgIpc) is 2.84. The van der Waals surface area contributed by atoms with E-state index in [2.05, 4.69) is 4.90 Å². The molecule has 0 spiro atoms. The minimum absolute atomic E-state index is 0.0748. The first-order valence-corrected chi connectivity index (χ1v) is 7.38. The normalized spacial score (nSPS) is 30.8. The Morgan fingerprint density at radius 2 is 2.21 bits per heavy atom. The molecule has 1 aliphatic carbocycles. The highest BCUT2D eigenvalue weighted by Gasteiger charge is 2.44. The minimum Gasteiger partial charge on any atom is -0.459 e. The quantitative estimate of drug-likeness (QED) is 0.832. The molecule has 19 heavy (non-hydrogen) atoms. The van der Waals surface area contributed by atoms with Gasteiger partial charge in [0.25, 0.3) is 5.91 Å². The summed E-state index contributed by atoms with van der Waals surface area (Å²) in [6.45, 7) is 4.39. The molecule has 0 bridgehead atoms. The van der Waals surface area contributed by atoms with Gasteiger partial charge in [0, 0.05) is 32.2 Å². The van der Waals surface area contributed by atoms with Crippen LogP contribution >= 0.6 is 0 Å². The maximum atomic E-state index is 12.4. The van der Waals surface area contributed by atoms with E-state index in [1.54, 1.807) is 18.4 Å². The summed E-state index contributed by atoms with van der Waals surface area (Å²) in [4.78, 5) is 17.0. The fourth-order valence-electron chi connectivity index (χ4n) is 3.66. The van der Waals surface area contributed by atoms with Crippen LogP contribution in [0.5, 0.6) is 0 Å². The van der Waals surface area contributed by atoms with E-state index in [1.165, 1.54) is 25.9 Å². The zero-order chi connectivity index (χ0) is 12.8. The monoisotopic (exact) mass is 260 g/mol. The molecule has 4 heteroatoms. The van der Waals surface area contributed by atoms with Gasteiger partial charge in [0.15, 0.2) is 5.76 Å². The molecule has 2 saturated heterocycles. The van der Waals surface area contributed by atoms with Crippen molar-refractivity contribution in [2.75, 3.05) is 26.2 Å². The van der Waals surface area contributed by atoms with Crippen LogP contribution in [0.4, 0.5) is 0 Å². The number of carbonyl (C=O) groups excluding carboxylic acids is 1. The Bertz CT molecular complexity index is 466.